The molecule has 0 bridgehead atoms. The molecule has 2 aromatic rings. The minimum atomic E-state index is 0.487. The number of hydrogen-bond acceptors (Lipinski definition) is 4. The van der Waals surface area contributed by atoms with Gasteiger partial charge in [-0.15, -0.1) is 11.3 Å². The Morgan fingerprint density at radius 1 is 1.44 bits per heavy atom. The molecule has 0 amide bonds. The van der Waals surface area contributed by atoms with Gasteiger partial charge in [0.15, 0.2) is 0 Å². The van der Waals surface area contributed by atoms with Crippen LogP contribution in [0.15, 0.2) is 23.6 Å². The summed E-state index contributed by atoms with van der Waals surface area (Å²) in [5, 5.41) is 6.93. The molecule has 0 radical (unpaired) electrons. The molecular weight excluding hydrogens is 268 g/mol. The molecule has 5 heteroatoms. The van der Waals surface area contributed by atoms with Gasteiger partial charge in [0.2, 0.25) is 0 Å². The molecule has 18 heavy (non-hydrogen) atoms. The SMILES string of the molecule is CNCc1nc(COc2ccc(Cl)c(C)c2)cs1. The third-order valence-corrected chi connectivity index (χ3v) is 3.77. The van der Waals surface area contributed by atoms with Crippen LogP contribution in [0.2, 0.25) is 5.02 Å². The van der Waals surface area contributed by atoms with Crippen molar-refractivity contribution in [1.82, 2.24) is 10.3 Å². The molecule has 1 aromatic carbocycles. The van der Waals surface area contributed by atoms with Crippen LogP contribution in [0.5, 0.6) is 5.75 Å². The molecule has 96 valence electrons. The molecule has 1 N–H and O–H groups in total. The molecule has 0 fully saturated rings. The fourth-order valence-electron chi connectivity index (χ4n) is 1.51. The van der Waals surface area contributed by atoms with Crippen molar-refractivity contribution < 1.29 is 4.74 Å². The van der Waals surface area contributed by atoms with Gasteiger partial charge in [0.25, 0.3) is 0 Å². The van der Waals surface area contributed by atoms with Crippen LogP contribution in [0.3, 0.4) is 0 Å². The zero-order chi connectivity index (χ0) is 13.0. The van der Waals surface area contributed by atoms with Crippen molar-refractivity contribution in [3.63, 3.8) is 0 Å². The molecule has 0 atom stereocenters. The summed E-state index contributed by atoms with van der Waals surface area (Å²) >= 11 is 7.60. The average Bonchev–Trinajstić information content (AvgIpc) is 2.79. The van der Waals surface area contributed by atoms with Gasteiger partial charge in [-0.2, -0.15) is 0 Å². The van der Waals surface area contributed by atoms with E-state index in [-0.39, 0.29) is 0 Å². The maximum atomic E-state index is 5.96. The van der Waals surface area contributed by atoms with Crippen LogP contribution < -0.4 is 10.1 Å². The van der Waals surface area contributed by atoms with Gasteiger partial charge >= 0.3 is 0 Å². The zero-order valence-electron chi connectivity index (χ0n) is 10.4. The van der Waals surface area contributed by atoms with E-state index in [1.165, 1.54) is 0 Å². The van der Waals surface area contributed by atoms with Gasteiger partial charge in [-0.3, -0.25) is 0 Å². The number of nitrogens with one attached hydrogen (secondary N) is 1. The normalized spacial score (nSPS) is 10.6. The number of halogens is 1. The molecule has 0 saturated carbocycles. The van der Waals surface area contributed by atoms with E-state index in [0.717, 1.165) is 33.6 Å². The first-order chi connectivity index (χ1) is 8.69. The second kappa shape index (κ2) is 6.18. The second-order valence-electron chi connectivity index (χ2n) is 3.96. The first-order valence-electron chi connectivity index (χ1n) is 5.66. The third kappa shape index (κ3) is 3.45. The lowest BCUT2D eigenvalue weighted by Crippen LogP contribution is -2.05. The van der Waals surface area contributed by atoms with Crippen molar-refractivity contribution in [2.24, 2.45) is 0 Å². The van der Waals surface area contributed by atoms with Gasteiger partial charge in [0, 0.05) is 16.9 Å². The van der Waals surface area contributed by atoms with E-state index < -0.39 is 0 Å². The second-order valence-corrected chi connectivity index (χ2v) is 5.31. The lowest BCUT2D eigenvalue weighted by atomic mass is 10.2. The quantitative estimate of drug-likeness (QED) is 0.913. The van der Waals surface area contributed by atoms with Crippen LogP contribution in [0.4, 0.5) is 0 Å². The van der Waals surface area contributed by atoms with E-state index in [4.69, 9.17) is 16.3 Å². The number of aromatic nitrogens is 1. The number of ether oxygens (including phenoxy) is 1. The highest BCUT2D eigenvalue weighted by atomic mass is 35.5. The van der Waals surface area contributed by atoms with Crippen molar-refractivity contribution in [1.29, 1.82) is 0 Å². The number of nitrogens with zero attached hydrogens (tertiary/aromatic N) is 1. The Labute approximate surface area is 116 Å². The maximum absolute atomic E-state index is 5.96. The van der Waals surface area contributed by atoms with E-state index in [1.807, 2.05) is 37.6 Å². The average molecular weight is 283 g/mol. The Hall–Kier alpha value is -1.10. The van der Waals surface area contributed by atoms with Gasteiger partial charge in [-0.05, 0) is 37.7 Å². The van der Waals surface area contributed by atoms with Gasteiger partial charge in [0.1, 0.15) is 17.4 Å². The van der Waals surface area contributed by atoms with Crippen molar-refractivity contribution in [2.75, 3.05) is 7.05 Å². The number of rotatable bonds is 5. The smallest absolute Gasteiger partial charge is 0.131 e. The Morgan fingerprint density at radius 2 is 2.28 bits per heavy atom. The van der Waals surface area contributed by atoms with Crippen LogP contribution in [-0.2, 0) is 13.2 Å². The topological polar surface area (TPSA) is 34.2 Å². The molecule has 0 aliphatic carbocycles. The molecule has 1 heterocycles. The standard InChI is InChI=1S/C13H15ClN2OS/c1-9-5-11(3-4-12(9)14)17-7-10-8-18-13(16-10)6-15-2/h3-5,8,15H,6-7H2,1-2H3. The minimum Gasteiger partial charge on any atom is -0.487 e. The summed E-state index contributed by atoms with van der Waals surface area (Å²) in [5.41, 5.74) is 1.97. The fraction of sp³-hybridized carbons (Fsp3) is 0.308. The number of aryl methyl sites for hydroxylation is 1. The molecule has 0 spiro atoms. The first kappa shape index (κ1) is 13.3. The Kier molecular flexibility index (Phi) is 4.58. The van der Waals surface area contributed by atoms with Crippen LogP contribution in [0.25, 0.3) is 0 Å². The molecular formula is C13H15ClN2OS. The zero-order valence-corrected chi connectivity index (χ0v) is 11.9. The molecule has 3 nitrogen and oxygen atoms in total. The summed E-state index contributed by atoms with van der Waals surface area (Å²) < 4.78 is 5.68. The van der Waals surface area contributed by atoms with E-state index in [9.17, 15) is 0 Å². The van der Waals surface area contributed by atoms with E-state index >= 15 is 0 Å². The molecule has 0 aliphatic heterocycles. The molecule has 2 rings (SSSR count). The molecule has 0 aliphatic rings. The van der Waals surface area contributed by atoms with Gasteiger partial charge in [0.05, 0.1) is 5.69 Å². The summed E-state index contributed by atoms with van der Waals surface area (Å²) in [6.07, 6.45) is 0. The van der Waals surface area contributed by atoms with Crippen molar-refractivity contribution in [3.05, 3.63) is 44.9 Å². The number of hydrogen-bond donors (Lipinski definition) is 1. The highest BCUT2D eigenvalue weighted by molar-refractivity contribution is 7.09. The lowest BCUT2D eigenvalue weighted by molar-refractivity contribution is 0.301. The van der Waals surface area contributed by atoms with Crippen LogP contribution in [0.1, 0.15) is 16.3 Å². The highest BCUT2D eigenvalue weighted by Gasteiger charge is 2.03. The maximum Gasteiger partial charge on any atom is 0.131 e. The van der Waals surface area contributed by atoms with Gasteiger partial charge in [-0.1, -0.05) is 11.6 Å². The van der Waals surface area contributed by atoms with E-state index in [0.29, 0.717) is 6.61 Å². The Bertz CT molecular complexity index is 527. The molecule has 0 unspecified atom stereocenters. The lowest BCUT2D eigenvalue weighted by Gasteiger charge is -2.06. The predicted octanol–water partition coefficient (Wildman–Crippen LogP) is 3.40. The van der Waals surface area contributed by atoms with Crippen molar-refractivity contribution in [2.45, 2.75) is 20.1 Å². The summed E-state index contributed by atoms with van der Waals surface area (Å²) in [5.74, 6) is 0.820. The summed E-state index contributed by atoms with van der Waals surface area (Å²) in [7, 11) is 1.91. The monoisotopic (exact) mass is 282 g/mol. The number of benzene rings is 1. The van der Waals surface area contributed by atoms with Gasteiger partial charge < -0.3 is 10.1 Å². The summed E-state index contributed by atoms with van der Waals surface area (Å²) in [6, 6.07) is 5.65. The third-order valence-electron chi connectivity index (χ3n) is 2.44. The highest BCUT2D eigenvalue weighted by Crippen LogP contribution is 2.22. The number of thiazole rings is 1. The molecule has 1 aromatic heterocycles. The summed E-state index contributed by atoms with van der Waals surface area (Å²) in [4.78, 5) is 4.46. The minimum absolute atomic E-state index is 0.487. The van der Waals surface area contributed by atoms with Gasteiger partial charge in [-0.25, -0.2) is 4.98 Å². The van der Waals surface area contributed by atoms with Crippen molar-refractivity contribution >= 4 is 22.9 Å². The Balaban J connectivity index is 1.95. The van der Waals surface area contributed by atoms with E-state index in [2.05, 4.69) is 10.3 Å². The Morgan fingerprint density at radius 3 is 3.00 bits per heavy atom. The molecule has 0 saturated heterocycles. The van der Waals surface area contributed by atoms with Crippen LogP contribution in [0, 0.1) is 6.92 Å². The fourth-order valence-corrected chi connectivity index (χ4v) is 2.42. The predicted molar refractivity (Wildman–Crippen MR) is 75.4 cm³/mol. The van der Waals surface area contributed by atoms with Crippen LogP contribution in [-0.4, -0.2) is 12.0 Å². The van der Waals surface area contributed by atoms with Crippen LogP contribution >= 0.6 is 22.9 Å². The first-order valence-corrected chi connectivity index (χ1v) is 6.91. The van der Waals surface area contributed by atoms with E-state index in [1.54, 1.807) is 11.3 Å². The van der Waals surface area contributed by atoms with Crippen molar-refractivity contribution in [3.8, 4) is 5.75 Å². The summed E-state index contributed by atoms with van der Waals surface area (Å²) in [6.45, 7) is 3.25. The largest absolute Gasteiger partial charge is 0.487 e.